The smallest absolute Gasteiger partial charge is 0.165 e. The van der Waals surface area contributed by atoms with Crippen LogP contribution < -0.4 is 4.74 Å². The van der Waals surface area contributed by atoms with Crippen molar-refractivity contribution in [2.75, 3.05) is 13.7 Å². The Balaban J connectivity index is 2.59. The first kappa shape index (κ1) is 13.5. The van der Waals surface area contributed by atoms with E-state index in [0.29, 0.717) is 17.7 Å². The Hall–Kier alpha value is -0.610. The van der Waals surface area contributed by atoms with E-state index in [-0.39, 0.29) is 11.9 Å². The van der Waals surface area contributed by atoms with Gasteiger partial charge in [-0.2, -0.15) is 0 Å². The highest BCUT2D eigenvalue weighted by atomic mass is 79.9. The molecule has 1 aromatic rings. The third-order valence-electron chi connectivity index (χ3n) is 2.21. The van der Waals surface area contributed by atoms with Crippen LogP contribution in [0.25, 0.3) is 0 Å². The van der Waals surface area contributed by atoms with Crippen LogP contribution >= 0.6 is 15.9 Å². The van der Waals surface area contributed by atoms with Crippen molar-refractivity contribution in [2.45, 2.75) is 24.8 Å². The summed E-state index contributed by atoms with van der Waals surface area (Å²) in [5.74, 6) is -0.0190. The van der Waals surface area contributed by atoms with Crippen LogP contribution in [0.5, 0.6) is 5.75 Å². The molecule has 1 atom stereocenters. The van der Waals surface area contributed by atoms with Gasteiger partial charge in [-0.25, -0.2) is 4.39 Å². The summed E-state index contributed by atoms with van der Waals surface area (Å²) in [6.07, 6.45) is 0.695. The predicted octanol–water partition coefficient (Wildman–Crippen LogP) is 3.52. The fourth-order valence-electron chi connectivity index (χ4n) is 1.28. The number of ether oxygens (including phenoxy) is 2. The number of methoxy groups -OCH3 is 1. The van der Waals surface area contributed by atoms with E-state index < -0.39 is 0 Å². The summed E-state index contributed by atoms with van der Waals surface area (Å²) in [4.78, 5) is 0. The molecule has 0 N–H and O–H groups in total. The van der Waals surface area contributed by atoms with Gasteiger partial charge >= 0.3 is 0 Å². The molecule has 1 aromatic carbocycles. The van der Waals surface area contributed by atoms with Crippen molar-refractivity contribution in [3.05, 3.63) is 29.6 Å². The van der Waals surface area contributed by atoms with E-state index >= 15 is 0 Å². The van der Waals surface area contributed by atoms with Crippen LogP contribution in [-0.4, -0.2) is 19.8 Å². The maximum Gasteiger partial charge on any atom is 0.165 e. The molecule has 90 valence electrons. The van der Waals surface area contributed by atoms with Gasteiger partial charge in [-0.15, -0.1) is 0 Å². The van der Waals surface area contributed by atoms with Crippen molar-refractivity contribution in [1.82, 2.24) is 0 Å². The van der Waals surface area contributed by atoms with Crippen LogP contribution in [-0.2, 0) is 10.1 Å². The van der Waals surface area contributed by atoms with Gasteiger partial charge in [0.15, 0.2) is 11.6 Å². The van der Waals surface area contributed by atoms with Crippen LogP contribution in [0.1, 0.15) is 18.9 Å². The second-order valence-corrected chi connectivity index (χ2v) is 4.17. The average Bonchev–Trinajstić information content (AvgIpc) is 2.29. The van der Waals surface area contributed by atoms with Crippen LogP contribution in [0.3, 0.4) is 0 Å². The molecule has 0 bridgehead atoms. The van der Waals surface area contributed by atoms with Gasteiger partial charge in [-0.3, -0.25) is 0 Å². The highest BCUT2D eigenvalue weighted by Gasteiger charge is 2.08. The van der Waals surface area contributed by atoms with E-state index in [1.807, 2.05) is 13.0 Å². The summed E-state index contributed by atoms with van der Waals surface area (Å²) in [7, 11) is 1.64. The quantitative estimate of drug-likeness (QED) is 0.747. The highest BCUT2D eigenvalue weighted by molar-refractivity contribution is 9.08. The molecule has 4 heteroatoms. The molecule has 1 unspecified atom stereocenters. The normalized spacial score (nSPS) is 12.5. The van der Waals surface area contributed by atoms with Crippen molar-refractivity contribution in [3.8, 4) is 5.75 Å². The molecule has 0 aromatic heterocycles. The van der Waals surface area contributed by atoms with Gasteiger partial charge < -0.3 is 9.47 Å². The number of halogens is 2. The number of alkyl halides is 1. The van der Waals surface area contributed by atoms with Crippen LogP contribution in [0.2, 0.25) is 0 Å². The second kappa shape index (κ2) is 6.86. The Morgan fingerprint density at radius 1 is 1.44 bits per heavy atom. The fourth-order valence-corrected chi connectivity index (χ4v) is 1.63. The van der Waals surface area contributed by atoms with E-state index in [4.69, 9.17) is 9.47 Å². The fraction of sp³-hybridized carbons (Fsp3) is 0.500. The molecule has 0 spiro atoms. The summed E-state index contributed by atoms with van der Waals surface area (Å²) in [5.41, 5.74) is 0.898. The van der Waals surface area contributed by atoms with Crippen molar-refractivity contribution >= 4 is 15.9 Å². The zero-order valence-corrected chi connectivity index (χ0v) is 11.1. The summed E-state index contributed by atoms with van der Waals surface area (Å²) in [6, 6.07) is 4.98. The number of rotatable bonds is 6. The van der Waals surface area contributed by atoms with Gasteiger partial charge in [0.2, 0.25) is 0 Å². The lowest BCUT2D eigenvalue weighted by atomic mass is 10.2. The molecule has 0 aliphatic carbocycles. The molecule has 16 heavy (non-hydrogen) atoms. The molecule has 0 saturated heterocycles. The van der Waals surface area contributed by atoms with Crippen molar-refractivity contribution in [2.24, 2.45) is 0 Å². The lowest BCUT2D eigenvalue weighted by Gasteiger charge is -2.15. The van der Waals surface area contributed by atoms with Gasteiger partial charge in [0.05, 0.1) is 6.10 Å². The molecule has 0 fully saturated rings. The minimum Gasteiger partial charge on any atom is -0.488 e. The third-order valence-corrected chi connectivity index (χ3v) is 2.85. The first-order valence-corrected chi connectivity index (χ1v) is 6.29. The van der Waals surface area contributed by atoms with Crippen LogP contribution in [0.4, 0.5) is 4.39 Å². The van der Waals surface area contributed by atoms with E-state index in [9.17, 15) is 4.39 Å². The molecule has 0 aliphatic heterocycles. The molecule has 0 radical (unpaired) electrons. The molecule has 0 heterocycles. The van der Waals surface area contributed by atoms with E-state index in [0.717, 1.165) is 12.0 Å². The Morgan fingerprint density at radius 2 is 2.19 bits per heavy atom. The van der Waals surface area contributed by atoms with Crippen LogP contribution in [0, 0.1) is 5.82 Å². The predicted molar refractivity (Wildman–Crippen MR) is 65.6 cm³/mol. The first-order valence-electron chi connectivity index (χ1n) is 5.17. The molecular formula is C12H16BrFO2. The Kier molecular flexibility index (Phi) is 5.77. The minimum absolute atomic E-state index is 0.0516. The number of hydrogen-bond donors (Lipinski definition) is 0. The molecule has 0 saturated carbocycles. The lowest BCUT2D eigenvalue weighted by molar-refractivity contribution is 0.132. The zero-order valence-electron chi connectivity index (χ0n) is 9.50. The standard InChI is InChI=1S/C12H16BrFO2/c1-9(5-6-15-2)16-12-4-3-10(8-13)7-11(12)14/h3-4,7,9H,5-6,8H2,1-2H3. The monoisotopic (exact) mass is 290 g/mol. The SMILES string of the molecule is COCCC(C)Oc1ccc(CBr)cc1F. The summed E-state index contributed by atoms with van der Waals surface area (Å²) >= 11 is 3.28. The zero-order chi connectivity index (χ0) is 12.0. The Bertz CT molecular complexity index is 331. The average molecular weight is 291 g/mol. The Labute approximate surface area is 104 Å². The van der Waals surface area contributed by atoms with Gasteiger partial charge in [0.1, 0.15) is 0 Å². The molecular weight excluding hydrogens is 275 g/mol. The topological polar surface area (TPSA) is 18.5 Å². The number of benzene rings is 1. The van der Waals surface area contributed by atoms with Crippen molar-refractivity contribution in [3.63, 3.8) is 0 Å². The van der Waals surface area contributed by atoms with Crippen molar-refractivity contribution in [1.29, 1.82) is 0 Å². The molecule has 1 rings (SSSR count). The van der Waals surface area contributed by atoms with E-state index in [1.165, 1.54) is 6.07 Å². The summed E-state index contributed by atoms with van der Waals surface area (Å²) < 4.78 is 24.0. The molecule has 0 amide bonds. The van der Waals surface area contributed by atoms with Crippen LogP contribution in [0.15, 0.2) is 18.2 Å². The summed E-state index contributed by atoms with van der Waals surface area (Å²) in [5, 5.41) is 0.642. The van der Waals surface area contributed by atoms with Gasteiger partial charge in [-0.1, -0.05) is 22.0 Å². The van der Waals surface area contributed by atoms with Gasteiger partial charge in [0.25, 0.3) is 0 Å². The third kappa shape index (κ3) is 4.10. The second-order valence-electron chi connectivity index (χ2n) is 3.61. The molecule has 2 nitrogen and oxygen atoms in total. The van der Waals surface area contributed by atoms with Gasteiger partial charge in [-0.05, 0) is 24.6 Å². The largest absolute Gasteiger partial charge is 0.488 e. The van der Waals surface area contributed by atoms with E-state index in [2.05, 4.69) is 15.9 Å². The maximum absolute atomic E-state index is 13.5. The van der Waals surface area contributed by atoms with E-state index in [1.54, 1.807) is 13.2 Å². The first-order chi connectivity index (χ1) is 7.67. The Morgan fingerprint density at radius 3 is 2.75 bits per heavy atom. The molecule has 0 aliphatic rings. The van der Waals surface area contributed by atoms with Crippen molar-refractivity contribution < 1.29 is 13.9 Å². The summed E-state index contributed by atoms with van der Waals surface area (Å²) in [6.45, 7) is 2.51. The number of hydrogen-bond acceptors (Lipinski definition) is 2. The minimum atomic E-state index is -0.318. The highest BCUT2D eigenvalue weighted by Crippen LogP contribution is 2.21. The lowest BCUT2D eigenvalue weighted by Crippen LogP contribution is -2.14. The maximum atomic E-state index is 13.5. The van der Waals surface area contributed by atoms with Gasteiger partial charge in [0, 0.05) is 25.5 Å².